The molecule has 0 aromatic heterocycles. The zero-order valence-electron chi connectivity index (χ0n) is 7.54. The predicted octanol–water partition coefficient (Wildman–Crippen LogP) is 1.16. The van der Waals surface area contributed by atoms with Crippen LogP contribution in [0.3, 0.4) is 0 Å². The van der Waals surface area contributed by atoms with Crippen LogP contribution in [0.15, 0.2) is 0 Å². The lowest BCUT2D eigenvalue weighted by molar-refractivity contribution is 0.0438. The Kier molecular flexibility index (Phi) is 2.26. The Labute approximate surface area is 68.2 Å². The van der Waals surface area contributed by atoms with E-state index in [1.165, 1.54) is 0 Å². The van der Waals surface area contributed by atoms with Crippen molar-refractivity contribution in [2.45, 2.75) is 45.8 Å². The van der Waals surface area contributed by atoms with Crippen molar-refractivity contribution in [1.29, 1.82) is 0 Å². The molecule has 3 atom stereocenters. The maximum Gasteiger partial charge on any atom is 0.0802 e. The third-order valence-corrected chi connectivity index (χ3v) is 2.72. The summed E-state index contributed by atoms with van der Waals surface area (Å²) in [6.07, 6.45) is 0.536. The molecule has 0 heterocycles. The number of rotatable bonds is 0. The molecule has 11 heavy (non-hydrogen) atoms. The SMILES string of the molecule is CC(C)(C)C1C[C@@H](O)[C@@H](O)C1. The van der Waals surface area contributed by atoms with E-state index in [0.717, 1.165) is 12.8 Å². The molecule has 1 saturated carbocycles. The summed E-state index contributed by atoms with van der Waals surface area (Å²) < 4.78 is 0. The molecule has 1 unspecified atom stereocenters. The monoisotopic (exact) mass is 158 g/mol. The number of aliphatic hydroxyl groups is 2. The molecule has 66 valence electrons. The van der Waals surface area contributed by atoms with Gasteiger partial charge in [0.15, 0.2) is 0 Å². The fourth-order valence-electron chi connectivity index (χ4n) is 1.70. The molecule has 2 nitrogen and oxygen atoms in total. The normalized spacial score (nSPS) is 39.5. The van der Waals surface area contributed by atoms with Gasteiger partial charge in [0, 0.05) is 0 Å². The first kappa shape index (κ1) is 9.01. The summed E-state index contributed by atoms with van der Waals surface area (Å²) in [5, 5.41) is 18.6. The van der Waals surface area contributed by atoms with Crippen LogP contribution in [0.25, 0.3) is 0 Å². The van der Waals surface area contributed by atoms with Gasteiger partial charge in [0.25, 0.3) is 0 Å². The van der Waals surface area contributed by atoms with Gasteiger partial charge in [0.05, 0.1) is 12.2 Å². The fourth-order valence-corrected chi connectivity index (χ4v) is 1.70. The van der Waals surface area contributed by atoms with Gasteiger partial charge in [0.2, 0.25) is 0 Å². The van der Waals surface area contributed by atoms with Gasteiger partial charge in [-0.05, 0) is 24.2 Å². The van der Waals surface area contributed by atoms with E-state index >= 15 is 0 Å². The third kappa shape index (κ3) is 1.94. The van der Waals surface area contributed by atoms with Crippen molar-refractivity contribution in [3.05, 3.63) is 0 Å². The Morgan fingerprint density at radius 1 is 1.00 bits per heavy atom. The zero-order chi connectivity index (χ0) is 8.65. The quantitative estimate of drug-likeness (QED) is 0.555. The van der Waals surface area contributed by atoms with Crippen LogP contribution in [0.4, 0.5) is 0 Å². The van der Waals surface area contributed by atoms with E-state index in [9.17, 15) is 10.2 Å². The summed E-state index contributed by atoms with van der Waals surface area (Å²) in [5.74, 6) is 0.465. The second-order valence-electron chi connectivity index (χ2n) is 4.67. The van der Waals surface area contributed by atoms with Crippen molar-refractivity contribution in [1.82, 2.24) is 0 Å². The van der Waals surface area contributed by atoms with E-state index in [2.05, 4.69) is 20.8 Å². The van der Waals surface area contributed by atoms with Crippen molar-refractivity contribution in [3.63, 3.8) is 0 Å². The van der Waals surface area contributed by atoms with Crippen LogP contribution in [-0.4, -0.2) is 22.4 Å². The van der Waals surface area contributed by atoms with Crippen molar-refractivity contribution >= 4 is 0 Å². The average Bonchev–Trinajstić information content (AvgIpc) is 2.11. The summed E-state index contributed by atoms with van der Waals surface area (Å²) in [6.45, 7) is 6.47. The molecule has 0 amide bonds. The minimum absolute atomic E-state index is 0.221. The number of aliphatic hydroxyl groups excluding tert-OH is 2. The fraction of sp³-hybridized carbons (Fsp3) is 1.00. The van der Waals surface area contributed by atoms with Crippen molar-refractivity contribution < 1.29 is 10.2 Å². The lowest BCUT2D eigenvalue weighted by Crippen LogP contribution is -2.18. The second kappa shape index (κ2) is 2.76. The number of hydrogen-bond acceptors (Lipinski definition) is 2. The van der Waals surface area contributed by atoms with Gasteiger partial charge in [-0.3, -0.25) is 0 Å². The first-order valence-electron chi connectivity index (χ1n) is 4.27. The van der Waals surface area contributed by atoms with Crippen LogP contribution >= 0.6 is 0 Å². The molecule has 0 aromatic carbocycles. The van der Waals surface area contributed by atoms with Crippen molar-refractivity contribution in [3.8, 4) is 0 Å². The molecule has 2 N–H and O–H groups in total. The molecule has 1 fully saturated rings. The lowest BCUT2D eigenvalue weighted by atomic mass is 9.80. The van der Waals surface area contributed by atoms with Crippen LogP contribution in [0.2, 0.25) is 0 Å². The molecule has 1 aliphatic carbocycles. The first-order valence-corrected chi connectivity index (χ1v) is 4.27. The van der Waals surface area contributed by atoms with Gasteiger partial charge >= 0.3 is 0 Å². The highest BCUT2D eigenvalue weighted by atomic mass is 16.3. The Morgan fingerprint density at radius 3 is 1.55 bits per heavy atom. The molecule has 0 spiro atoms. The van der Waals surface area contributed by atoms with Crippen LogP contribution in [0.5, 0.6) is 0 Å². The first-order chi connectivity index (χ1) is 4.91. The maximum absolute atomic E-state index is 9.28. The highest BCUT2D eigenvalue weighted by Gasteiger charge is 2.37. The predicted molar refractivity (Wildman–Crippen MR) is 44.2 cm³/mol. The molecule has 2 heteroatoms. The Hall–Kier alpha value is -0.0800. The second-order valence-corrected chi connectivity index (χ2v) is 4.67. The smallest absolute Gasteiger partial charge is 0.0802 e. The lowest BCUT2D eigenvalue weighted by Gasteiger charge is -2.26. The summed E-state index contributed by atoms with van der Waals surface area (Å²) in [6, 6.07) is 0. The van der Waals surface area contributed by atoms with Crippen LogP contribution < -0.4 is 0 Å². The van der Waals surface area contributed by atoms with Gasteiger partial charge < -0.3 is 10.2 Å². The largest absolute Gasteiger partial charge is 0.390 e. The highest BCUT2D eigenvalue weighted by molar-refractivity contribution is 4.88. The molecule has 0 aromatic rings. The standard InChI is InChI=1S/C9H18O2/c1-9(2,3)6-4-7(10)8(11)5-6/h6-8,10-11H,4-5H2,1-3H3/t6?,7-,8+. The van der Waals surface area contributed by atoms with E-state index in [0.29, 0.717) is 5.92 Å². The molecule has 0 radical (unpaired) electrons. The average molecular weight is 158 g/mol. The zero-order valence-corrected chi connectivity index (χ0v) is 7.54. The molecule has 0 saturated heterocycles. The van der Waals surface area contributed by atoms with Crippen LogP contribution in [-0.2, 0) is 0 Å². The molecule has 1 aliphatic rings. The van der Waals surface area contributed by atoms with Gasteiger partial charge in [0.1, 0.15) is 0 Å². The summed E-state index contributed by atoms with van der Waals surface area (Å²) in [4.78, 5) is 0. The van der Waals surface area contributed by atoms with E-state index in [1.807, 2.05) is 0 Å². The molecular formula is C9H18O2. The maximum atomic E-state index is 9.28. The van der Waals surface area contributed by atoms with E-state index in [4.69, 9.17) is 0 Å². The van der Waals surface area contributed by atoms with Crippen LogP contribution in [0.1, 0.15) is 33.6 Å². The van der Waals surface area contributed by atoms with Gasteiger partial charge in [-0.25, -0.2) is 0 Å². The van der Waals surface area contributed by atoms with Gasteiger partial charge in [-0.2, -0.15) is 0 Å². The summed E-state index contributed by atoms with van der Waals surface area (Å²) >= 11 is 0. The molecular weight excluding hydrogens is 140 g/mol. The Balaban J connectivity index is 2.54. The Bertz CT molecular complexity index is 127. The third-order valence-electron chi connectivity index (χ3n) is 2.72. The minimum atomic E-state index is -0.487. The van der Waals surface area contributed by atoms with E-state index < -0.39 is 12.2 Å². The highest BCUT2D eigenvalue weighted by Crippen LogP contribution is 2.39. The Morgan fingerprint density at radius 2 is 1.36 bits per heavy atom. The number of hydrogen-bond donors (Lipinski definition) is 2. The molecule has 1 rings (SSSR count). The van der Waals surface area contributed by atoms with Crippen LogP contribution in [0, 0.1) is 11.3 Å². The summed E-state index contributed by atoms with van der Waals surface area (Å²) in [7, 11) is 0. The summed E-state index contributed by atoms with van der Waals surface area (Å²) in [5.41, 5.74) is 0.221. The van der Waals surface area contributed by atoms with Crippen molar-refractivity contribution in [2.75, 3.05) is 0 Å². The van der Waals surface area contributed by atoms with Gasteiger partial charge in [-0.15, -0.1) is 0 Å². The van der Waals surface area contributed by atoms with Gasteiger partial charge in [-0.1, -0.05) is 20.8 Å². The van der Waals surface area contributed by atoms with E-state index in [-0.39, 0.29) is 5.41 Å². The minimum Gasteiger partial charge on any atom is -0.390 e. The van der Waals surface area contributed by atoms with E-state index in [1.54, 1.807) is 0 Å². The molecule has 0 bridgehead atoms. The van der Waals surface area contributed by atoms with Crippen molar-refractivity contribution in [2.24, 2.45) is 11.3 Å². The topological polar surface area (TPSA) is 40.5 Å². The molecule has 0 aliphatic heterocycles.